The van der Waals surface area contributed by atoms with Crippen LogP contribution in [-0.4, -0.2) is 37.1 Å². The fourth-order valence-corrected chi connectivity index (χ4v) is 2.92. The molecule has 0 unspecified atom stereocenters. The first-order valence-corrected chi connectivity index (χ1v) is 8.16. The highest BCUT2D eigenvalue weighted by atomic mass is 127. The predicted molar refractivity (Wildman–Crippen MR) is 99.8 cm³/mol. The second-order valence-electron chi connectivity index (χ2n) is 4.83. The van der Waals surface area contributed by atoms with Crippen molar-refractivity contribution in [1.29, 1.82) is 0 Å². The number of carbonyl (C=O) groups is 2. The van der Waals surface area contributed by atoms with E-state index in [2.05, 4.69) is 41.1 Å². The molecule has 1 aromatic carbocycles. The molecular formula is C17H17IN2O4. The number of urea groups is 1. The van der Waals surface area contributed by atoms with Crippen molar-refractivity contribution in [2.45, 2.75) is 0 Å². The minimum atomic E-state index is -0.459. The van der Waals surface area contributed by atoms with Gasteiger partial charge in [-0.15, -0.1) is 6.58 Å². The number of rotatable bonds is 7. The number of methoxy groups -OCH3 is 1. The lowest BCUT2D eigenvalue weighted by Gasteiger charge is -2.12. The van der Waals surface area contributed by atoms with E-state index in [1.54, 1.807) is 18.2 Å². The molecule has 1 aliphatic rings. The molecule has 6 nitrogen and oxygen atoms in total. The third-order valence-electron chi connectivity index (χ3n) is 3.18. The third kappa shape index (κ3) is 3.78. The van der Waals surface area contributed by atoms with Crippen LogP contribution in [0.5, 0.6) is 11.5 Å². The number of hydrogen-bond acceptors (Lipinski definition) is 4. The maximum absolute atomic E-state index is 12.2. The highest BCUT2D eigenvalue weighted by Crippen LogP contribution is 2.34. The van der Waals surface area contributed by atoms with Crippen molar-refractivity contribution in [2.75, 3.05) is 20.3 Å². The lowest BCUT2D eigenvalue weighted by molar-refractivity contribution is -0.122. The van der Waals surface area contributed by atoms with E-state index in [4.69, 9.17) is 9.47 Å². The van der Waals surface area contributed by atoms with Crippen LogP contribution in [0.15, 0.2) is 43.1 Å². The van der Waals surface area contributed by atoms with Gasteiger partial charge in [-0.05, 0) is 46.4 Å². The smallest absolute Gasteiger partial charge is 0.329 e. The lowest BCUT2D eigenvalue weighted by atomic mass is 10.1. The van der Waals surface area contributed by atoms with Crippen LogP contribution in [0.4, 0.5) is 4.79 Å². The van der Waals surface area contributed by atoms with Crippen LogP contribution in [-0.2, 0) is 4.79 Å². The normalized spacial score (nSPS) is 15.4. The van der Waals surface area contributed by atoms with Gasteiger partial charge in [0.1, 0.15) is 12.3 Å². The van der Waals surface area contributed by atoms with Gasteiger partial charge in [-0.1, -0.05) is 18.7 Å². The Morgan fingerprint density at radius 1 is 1.29 bits per heavy atom. The maximum Gasteiger partial charge on any atom is 0.329 e. The average Bonchev–Trinajstić information content (AvgIpc) is 2.81. The van der Waals surface area contributed by atoms with Crippen LogP contribution < -0.4 is 14.8 Å². The SMILES string of the molecule is C=CCOc1c(I)cc(/C=C2\NC(=O)N(CC=C)C2=O)cc1OC. The standard InChI is InChI=1S/C17H17IN2O4/c1-4-6-20-16(21)13(19-17(20)22)9-11-8-12(18)15(24-7-5-2)14(10-11)23-3/h4-5,8-10H,1-2,6-7H2,3H3,(H,19,22)/b13-9-. The fourth-order valence-electron chi connectivity index (χ4n) is 2.14. The van der Waals surface area contributed by atoms with Crippen molar-refractivity contribution in [3.63, 3.8) is 0 Å². The molecule has 0 atom stereocenters. The number of benzene rings is 1. The third-order valence-corrected chi connectivity index (χ3v) is 3.98. The molecular weight excluding hydrogens is 423 g/mol. The van der Waals surface area contributed by atoms with E-state index in [0.717, 1.165) is 8.47 Å². The molecule has 7 heteroatoms. The predicted octanol–water partition coefficient (Wildman–Crippen LogP) is 2.94. The Bertz CT molecular complexity index is 728. The summed E-state index contributed by atoms with van der Waals surface area (Å²) in [7, 11) is 1.54. The Balaban J connectivity index is 2.34. The summed E-state index contributed by atoms with van der Waals surface area (Å²) in [6, 6.07) is 3.12. The lowest BCUT2D eigenvalue weighted by Crippen LogP contribution is -2.30. The summed E-state index contributed by atoms with van der Waals surface area (Å²) in [5.41, 5.74) is 0.922. The Hall–Kier alpha value is -2.29. The molecule has 1 saturated heterocycles. The summed E-state index contributed by atoms with van der Waals surface area (Å²) >= 11 is 2.12. The average molecular weight is 440 g/mol. The molecule has 2 rings (SSSR count). The van der Waals surface area contributed by atoms with E-state index in [1.807, 2.05) is 6.07 Å². The second kappa shape index (κ2) is 8.00. The van der Waals surface area contributed by atoms with E-state index in [0.29, 0.717) is 23.7 Å². The molecule has 0 spiro atoms. The summed E-state index contributed by atoms with van der Waals surface area (Å²) in [6.45, 7) is 7.68. The van der Waals surface area contributed by atoms with Gasteiger partial charge in [-0.3, -0.25) is 9.69 Å². The highest BCUT2D eigenvalue weighted by Gasteiger charge is 2.32. The first kappa shape index (κ1) is 18.1. The van der Waals surface area contributed by atoms with Gasteiger partial charge in [0.05, 0.1) is 10.7 Å². The van der Waals surface area contributed by atoms with Crippen LogP contribution in [0, 0.1) is 3.57 Å². The number of carbonyl (C=O) groups excluding carboxylic acids is 2. The van der Waals surface area contributed by atoms with Crippen LogP contribution in [0.25, 0.3) is 6.08 Å². The molecule has 1 aromatic rings. The molecule has 3 amide bonds. The molecule has 0 radical (unpaired) electrons. The highest BCUT2D eigenvalue weighted by molar-refractivity contribution is 14.1. The van der Waals surface area contributed by atoms with E-state index in [9.17, 15) is 9.59 Å². The van der Waals surface area contributed by atoms with Gasteiger partial charge in [0.25, 0.3) is 5.91 Å². The zero-order valence-electron chi connectivity index (χ0n) is 13.2. The topological polar surface area (TPSA) is 67.9 Å². The van der Waals surface area contributed by atoms with Crippen molar-refractivity contribution in [2.24, 2.45) is 0 Å². The molecule has 0 saturated carbocycles. The molecule has 1 N–H and O–H groups in total. The van der Waals surface area contributed by atoms with Gasteiger partial charge in [-0.2, -0.15) is 0 Å². The Kier molecular flexibility index (Phi) is 6.02. The molecule has 1 aliphatic heterocycles. The number of imide groups is 1. The van der Waals surface area contributed by atoms with Crippen molar-refractivity contribution >= 4 is 40.6 Å². The zero-order chi connectivity index (χ0) is 17.7. The van der Waals surface area contributed by atoms with E-state index < -0.39 is 6.03 Å². The van der Waals surface area contributed by atoms with E-state index in [1.165, 1.54) is 13.2 Å². The quantitative estimate of drug-likeness (QED) is 0.307. The van der Waals surface area contributed by atoms with E-state index >= 15 is 0 Å². The Labute approximate surface area is 153 Å². The number of ether oxygens (including phenoxy) is 2. The number of halogens is 1. The van der Waals surface area contributed by atoms with Gasteiger partial charge in [0.15, 0.2) is 11.5 Å². The van der Waals surface area contributed by atoms with Crippen molar-refractivity contribution in [1.82, 2.24) is 10.2 Å². The summed E-state index contributed by atoms with van der Waals surface area (Å²) in [6.07, 6.45) is 4.75. The maximum atomic E-state index is 12.2. The monoisotopic (exact) mass is 440 g/mol. The van der Waals surface area contributed by atoms with E-state index in [-0.39, 0.29) is 18.1 Å². The van der Waals surface area contributed by atoms with Gasteiger partial charge in [0, 0.05) is 6.54 Å². The molecule has 0 aliphatic carbocycles. The number of nitrogens with one attached hydrogen (secondary N) is 1. The van der Waals surface area contributed by atoms with Crippen molar-refractivity contribution in [3.8, 4) is 11.5 Å². The zero-order valence-corrected chi connectivity index (χ0v) is 15.3. The summed E-state index contributed by atoms with van der Waals surface area (Å²) < 4.78 is 11.8. The number of amides is 3. The summed E-state index contributed by atoms with van der Waals surface area (Å²) in [5, 5.41) is 2.56. The fraction of sp³-hybridized carbons (Fsp3) is 0.176. The molecule has 1 heterocycles. The number of nitrogens with zero attached hydrogens (tertiary/aromatic N) is 1. The van der Waals surface area contributed by atoms with Gasteiger partial charge in [0.2, 0.25) is 0 Å². The molecule has 24 heavy (non-hydrogen) atoms. The minimum absolute atomic E-state index is 0.164. The molecule has 126 valence electrons. The summed E-state index contributed by atoms with van der Waals surface area (Å²) in [5.74, 6) is 0.756. The minimum Gasteiger partial charge on any atom is -0.493 e. The summed E-state index contributed by atoms with van der Waals surface area (Å²) in [4.78, 5) is 25.1. The Morgan fingerprint density at radius 3 is 2.67 bits per heavy atom. The number of hydrogen-bond donors (Lipinski definition) is 1. The first-order valence-electron chi connectivity index (χ1n) is 7.08. The van der Waals surface area contributed by atoms with Crippen molar-refractivity contribution < 1.29 is 19.1 Å². The van der Waals surface area contributed by atoms with Crippen LogP contribution in [0.3, 0.4) is 0 Å². The van der Waals surface area contributed by atoms with Crippen molar-refractivity contribution in [3.05, 3.63) is 52.3 Å². The van der Waals surface area contributed by atoms with Gasteiger partial charge < -0.3 is 14.8 Å². The molecule has 0 bridgehead atoms. The molecule has 0 aromatic heterocycles. The van der Waals surface area contributed by atoms with Crippen LogP contribution in [0.1, 0.15) is 5.56 Å². The van der Waals surface area contributed by atoms with Gasteiger partial charge >= 0.3 is 6.03 Å². The van der Waals surface area contributed by atoms with Crippen LogP contribution >= 0.6 is 22.6 Å². The van der Waals surface area contributed by atoms with Gasteiger partial charge in [-0.25, -0.2) is 4.79 Å². The van der Waals surface area contributed by atoms with Crippen LogP contribution in [0.2, 0.25) is 0 Å². The molecule has 1 fully saturated rings. The first-order chi connectivity index (χ1) is 11.5. The second-order valence-corrected chi connectivity index (χ2v) is 5.99. The Morgan fingerprint density at radius 2 is 2.04 bits per heavy atom. The largest absolute Gasteiger partial charge is 0.493 e.